The molecule has 2 aliphatic carbocycles. The van der Waals surface area contributed by atoms with Gasteiger partial charge in [0.15, 0.2) is 0 Å². The summed E-state index contributed by atoms with van der Waals surface area (Å²) in [7, 11) is 0. The molecular formula is C13H9NO. The minimum atomic E-state index is -0.0617. The van der Waals surface area contributed by atoms with Crippen molar-refractivity contribution >= 4 is 10.8 Å². The number of nitrogens with one attached hydrogen (secondary N) is 1. The summed E-state index contributed by atoms with van der Waals surface area (Å²) in [5, 5.41) is 2.06. The van der Waals surface area contributed by atoms with Crippen LogP contribution in [-0.4, -0.2) is 4.98 Å². The van der Waals surface area contributed by atoms with E-state index in [0.29, 0.717) is 0 Å². The largest absolute Gasteiger partial charge is 0.328 e. The summed E-state index contributed by atoms with van der Waals surface area (Å²) in [6, 6.07) is 13.8. The molecule has 0 spiro atoms. The third-order valence-electron chi connectivity index (χ3n) is 2.65. The Morgan fingerprint density at radius 1 is 1.00 bits per heavy atom. The maximum absolute atomic E-state index is 11.2. The average molecular weight is 195 g/mol. The zero-order valence-corrected chi connectivity index (χ0v) is 8.03. The van der Waals surface area contributed by atoms with E-state index in [4.69, 9.17) is 0 Å². The Bertz CT molecular complexity index is 654. The molecule has 3 rings (SSSR count). The standard InChI is InChI=1S/C13H9NO/c15-13-7-10-5-1-3-9-4-2-6-11(9)12(10)8-14-13/h1-8H,(H,14,15). The van der Waals surface area contributed by atoms with E-state index >= 15 is 0 Å². The highest BCUT2D eigenvalue weighted by atomic mass is 16.1. The topological polar surface area (TPSA) is 32.9 Å². The van der Waals surface area contributed by atoms with Crippen LogP contribution in [0.3, 0.4) is 0 Å². The average Bonchev–Trinajstić information content (AvgIpc) is 2.61. The molecule has 2 heteroatoms. The van der Waals surface area contributed by atoms with Crippen LogP contribution in [0.5, 0.6) is 0 Å². The minimum absolute atomic E-state index is 0.0617. The molecule has 1 aromatic rings. The highest BCUT2D eigenvalue weighted by Gasteiger charge is 2.04. The van der Waals surface area contributed by atoms with Gasteiger partial charge in [-0.15, -0.1) is 0 Å². The summed E-state index contributed by atoms with van der Waals surface area (Å²) in [6.07, 6.45) is 1.78. The summed E-state index contributed by atoms with van der Waals surface area (Å²) in [5.41, 5.74) is 2.30. The molecule has 2 aliphatic rings. The van der Waals surface area contributed by atoms with Crippen LogP contribution >= 0.6 is 0 Å². The Labute approximate surface area is 86.5 Å². The van der Waals surface area contributed by atoms with Crippen molar-refractivity contribution in [3.05, 3.63) is 59.0 Å². The summed E-state index contributed by atoms with van der Waals surface area (Å²) >= 11 is 0. The molecule has 72 valence electrons. The number of hydrogen-bond donors (Lipinski definition) is 1. The fraction of sp³-hybridized carbons (Fsp3) is 0. The molecule has 0 fully saturated rings. The summed E-state index contributed by atoms with van der Waals surface area (Å²) in [5.74, 6) is 0. The van der Waals surface area contributed by atoms with Gasteiger partial charge in [-0.05, 0) is 16.5 Å². The number of aromatic amines is 1. The zero-order chi connectivity index (χ0) is 10.3. The van der Waals surface area contributed by atoms with Gasteiger partial charge in [0.2, 0.25) is 5.56 Å². The highest BCUT2D eigenvalue weighted by molar-refractivity contribution is 5.96. The fourth-order valence-corrected chi connectivity index (χ4v) is 1.94. The predicted molar refractivity (Wildman–Crippen MR) is 61.2 cm³/mol. The predicted octanol–water partition coefficient (Wildman–Crippen LogP) is 2.63. The smallest absolute Gasteiger partial charge is 0.248 e. The van der Waals surface area contributed by atoms with E-state index < -0.39 is 0 Å². The van der Waals surface area contributed by atoms with Crippen molar-refractivity contribution in [1.29, 1.82) is 0 Å². The van der Waals surface area contributed by atoms with Crippen LogP contribution in [0.25, 0.3) is 21.9 Å². The van der Waals surface area contributed by atoms with Crippen molar-refractivity contribution in [1.82, 2.24) is 4.98 Å². The van der Waals surface area contributed by atoms with Gasteiger partial charge in [-0.2, -0.15) is 0 Å². The third-order valence-corrected chi connectivity index (χ3v) is 2.65. The van der Waals surface area contributed by atoms with E-state index in [-0.39, 0.29) is 5.56 Å². The molecule has 1 heterocycles. The van der Waals surface area contributed by atoms with Crippen molar-refractivity contribution in [2.24, 2.45) is 0 Å². The van der Waals surface area contributed by atoms with Gasteiger partial charge in [0.1, 0.15) is 0 Å². The van der Waals surface area contributed by atoms with Gasteiger partial charge in [-0.25, -0.2) is 0 Å². The van der Waals surface area contributed by atoms with E-state index in [9.17, 15) is 4.79 Å². The Morgan fingerprint density at radius 3 is 2.67 bits per heavy atom. The lowest BCUT2D eigenvalue weighted by Gasteiger charge is -1.96. The lowest BCUT2D eigenvalue weighted by molar-refractivity contribution is 1.27. The number of aromatic nitrogens is 1. The summed E-state index contributed by atoms with van der Waals surface area (Å²) < 4.78 is 0. The van der Waals surface area contributed by atoms with E-state index in [1.54, 1.807) is 12.3 Å². The van der Waals surface area contributed by atoms with E-state index in [2.05, 4.69) is 23.2 Å². The normalized spacial score (nSPS) is 10.9. The lowest BCUT2D eigenvalue weighted by atomic mass is 10.1. The molecule has 15 heavy (non-hydrogen) atoms. The second-order valence-electron chi connectivity index (χ2n) is 3.59. The van der Waals surface area contributed by atoms with Crippen LogP contribution in [0.15, 0.2) is 53.5 Å². The Hall–Kier alpha value is -2.09. The molecule has 0 aromatic carbocycles. The van der Waals surface area contributed by atoms with Crippen LogP contribution in [0.4, 0.5) is 0 Å². The lowest BCUT2D eigenvalue weighted by Crippen LogP contribution is -2.01. The van der Waals surface area contributed by atoms with Crippen LogP contribution in [-0.2, 0) is 0 Å². The first kappa shape index (κ1) is 8.24. The second kappa shape index (κ2) is 2.95. The molecule has 2 nitrogen and oxygen atoms in total. The summed E-state index contributed by atoms with van der Waals surface area (Å²) in [4.78, 5) is 13.9. The number of rotatable bonds is 0. The van der Waals surface area contributed by atoms with E-state index in [1.165, 1.54) is 11.1 Å². The van der Waals surface area contributed by atoms with Crippen molar-refractivity contribution in [3.8, 4) is 11.1 Å². The van der Waals surface area contributed by atoms with Gasteiger partial charge in [0.05, 0.1) is 0 Å². The van der Waals surface area contributed by atoms with Gasteiger partial charge >= 0.3 is 0 Å². The van der Waals surface area contributed by atoms with Crippen LogP contribution in [0, 0.1) is 0 Å². The Balaban J connectivity index is 2.56. The zero-order valence-electron chi connectivity index (χ0n) is 8.03. The van der Waals surface area contributed by atoms with Crippen molar-refractivity contribution in [2.45, 2.75) is 0 Å². The first-order chi connectivity index (χ1) is 7.34. The van der Waals surface area contributed by atoms with Crippen LogP contribution < -0.4 is 5.56 Å². The number of fused-ring (bicyclic) bond motifs is 3. The summed E-state index contributed by atoms with van der Waals surface area (Å²) in [6.45, 7) is 0. The molecule has 0 atom stereocenters. The van der Waals surface area contributed by atoms with Crippen molar-refractivity contribution < 1.29 is 0 Å². The number of pyridine rings is 1. The SMILES string of the molecule is O=c1cc2cccc3cccc-3c2c[nH]1. The van der Waals surface area contributed by atoms with Crippen LogP contribution in [0.2, 0.25) is 0 Å². The number of H-pyrrole nitrogens is 1. The molecule has 0 saturated heterocycles. The second-order valence-corrected chi connectivity index (χ2v) is 3.59. The molecular weight excluding hydrogens is 186 g/mol. The maximum Gasteiger partial charge on any atom is 0.248 e. The molecule has 1 N–H and O–H groups in total. The molecule has 0 amide bonds. The van der Waals surface area contributed by atoms with Crippen molar-refractivity contribution in [3.63, 3.8) is 0 Å². The molecule has 0 saturated carbocycles. The molecule has 0 aliphatic heterocycles. The first-order valence-electron chi connectivity index (χ1n) is 4.85. The van der Waals surface area contributed by atoms with E-state index in [0.717, 1.165) is 10.8 Å². The van der Waals surface area contributed by atoms with Crippen molar-refractivity contribution in [2.75, 3.05) is 0 Å². The fourth-order valence-electron chi connectivity index (χ4n) is 1.94. The first-order valence-corrected chi connectivity index (χ1v) is 4.85. The van der Waals surface area contributed by atoms with Crippen LogP contribution in [0.1, 0.15) is 0 Å². The number of hydrogen-bond acceptors (Lipinski definition) is 1. The highest BCUT2D eigenvalue weighted by Crippen LogP contribution is 2.28. The Morgan fingerprint density at radius 2 is 1.80 bits per heavy atom. The third kappa shape index (κ3) is 1.22. The van der Waals surface area contributed by atoms with Gasteiger partial charge < -0.3 is 4.98 Å². The van der Waals surface area contributed by atoms with Gasteiger partial charge in [-0.1, -0.05) is 36.4 Å². The molecule has 0 bridgehead atoms. The van der Waals surface area contributed by atoms with Gasteiger partial charge in [0, 0.05) is 17.6 Å². The molecule has 1 aromatic heterocycles. The van der Waals surface area contributed by atoms with Gasteiger partial charge in [0.25, 0.3) is 0 Å². The maximum atomic E-state index is 11.2. The molecule has 0 radical (unpaired) electrons. The Kier molecular flexibility index (Phi) is 1.62. The monoisotopic (exact) mass is 195 g/mol. The van der Waals surface area contributed by atoms with Gasteiger partial charge in [-0.3, -0.25) is 4.79 Å². The molecule has 0 unspecified atom stereocenters. The minimum Gasteiger partial charge on any atom is -0.328 e. The van der Waals surface area contributed by atoms with E-state index in [1.807, 2.05) is 18.2 Å². The quantitative estimate of drug-likeness (QED) is 0.587.